The number of ether oxygens (including phenoxy) is 2. The van der Waals surface area contributed by atoms with Crippen molar-refractivity contribution in [1.82, 2.24) is 5.32 Å². The minimum absolute atomic E-state index is 0.107. The lowest BCUT2D eigenvalue weighted by Gasteiger charge is -2.27. The molecule has 0 spiro atoms. The van der Waals surface area contributed by atoms with Crippen molar-refractivity contribution in [3.63, 3.8) is 0 Å². The fourth-order valence-corrected chi connectivity index (χ4v) is 1.91. The number of halogens is 1. The maximum atomic E-state index is 14.0. The van der Waals surface area contributed by atoms with Crippen LogP contribution in [0.1, 0.15) is 52.7 Å². The molecular formula is C19H27FN2O3. The van der Waals surface area contributed by atoms with Crippen LogP contribution in [0.5, 0.6) is 0 Å². The van der Waals surface area contributed by atoms with Crippen LogP contribution >= 0.6 is 0 Å². The Kier molecular flexibility index (Phi) is 7.09. The number of nitriles is 1. The molecule has 0 radical (unpaired) electrons. The standard InChI is InChI=1S/C19H27FN2O3/c1-18(2,3)24-12-16(17(23)25-19(4,5)6)22-11-14-8-7-13(10-21)9-15(14)20/h7-9,16,22H,11-12H2,1-6H3/t16-/m0/s1. The number of carbonyl (C=O) groups is 1. The number of carbonyl (C=O) groups excluding carboxylic acids is 1. The molecule has 138 valence electrons. The summed E-state index contributed by atoms with van der Waals surface area (Å²) in [5.41, 5.74) is -0.426. The van der Waals surface area contributed by atoms with Crippen LogP contribution in [0.25, 0.3) is 0 Å². The number of rotatable bonds is 6. The molecule has 0 fully saturated rings. The monoisotopic (exact) mass is 350 g/mol. The normalized spacial score (nSPS) is 13.2. The van der Waals surface area contributed by atoms with Gasteiger partial charge < -0.3 is 9.47 Å². The van der Waals surface area contributed by atoms with Gasteiger partial charge in [-0.25, -0.2) is 4.39 Å². The number of nitrogens with zero attached hydrogens (tertiary/aromatic N) is 1. The van der Waals surface area contributed by atoms with Gasteiger partial charge >= 0.3 is 5.97 Å². The first-order valence-corrected chi connectivity index (χ1v) is 8.20. The molecule has 0 bridgehead atoms. The van der Waals surface area contributed by atoms with E-state index < -0.39 is 29.0 Å². The van der Waals surface area contributed by atoms with Gasteiger partial charge in [0, 0.05) is 12.1 Å². The average Bonchev–Trinajstić information content (AvgIpc) is 2.45. The van der Waals surface area contributed by atoms with Gasteiger partial charge in [-0.15, -0.1) is 0 Å². The Balaban J connectivity index is 2.82. The fraction of sp³-hybridized carbons (Fsp3) is 0.579. The first-order valence-electron chi connectivity index (χ1n) is 8.20. The SMILES string of the molecule is CC(C)(C)OC[C@H](NCc1ccc(C#N)cc1F)C(=O)OC(C)(C)C. The van der Waals surface area contributed by atoms with Crippen molar-refractivity contribution in [2.75, 3.05) is 6.61 Å². The number of benzene rings is 1. The smallest absolute Gasteiger partial charge is 0.326 e. The molecule has 0 aliphatic carbocycles. The Bertz CT molecular complexity index is 640. The van der Waals surface area contributed by atoms with Crippen molar-refractivity contribution in [1.29, 1.82) is 5.26 Å². The van der Waals surface area contributed by atoms with Crippen molar-refractivity contribution in [3.05, 3.63) is 35.1 Å². The zero-order valence-electron chi connectivity index (χ0n) is 15.8. The molecule has 1 aromatic carbocycles. The third-order valence-corrected chi connectivity index (χ3v) is 3.10. The molecule has 6 heteroatoms. The van der Waals surface area contributed by atoms with E-state index in [4.69, 9.17) is 14.7 Å². The predicted molar refractivity (Wildman–Crippen MR) is 93.3 cm³/mol. The van der Waals surface area contributed by atoms with E-state index >= 15 is 0 Å². The quantitative estimate of drug-likeness (QED) is 0.797. The van der Waals surface area contributed by atoms with Crippen molar-refractivity contribution in [3.8, 4) is 6.07 Å². The second-order valence-corrected chi connectivity index (χ2v) is 7.81. The highest BCUT2D eigenvalue weighted by Crippen LogP contribution is 2.14. The van der Waals surface area contributed by atoms with Gasteiger partial charge in [-0.1, -0.05) is 6.07 Å². The summed E-state index contributed by atoms with van der Waals surface area (Å²) in [4.78, 5) is 12.4. The molecule has 0 saturated heterocycles. The third-order valence-electron chi connectivity index (χ3n) is 3.10. The minimum atomic E-state index is -0.728. The lowest BCUT2D eigenvalue weighted by atomic mass is 10.1. The average molecular weight is 350 g/mol. The van der Waals surface area contributed by atoms with Gasteiger partial charge in [0.1, 0.15) is 17.5 Å². The van der Waals surface area contributed by atoms with E-state index in [1.54, 1.807) is 20.8 Å². The van der Waals surface area contributed by atoms with Crippen LogP contribution in [0.15, 0.2) is 18.2 Å². The van der Waals surface area contributed by atoms with Gasteiger partial charge in [-0.3, -0.25) is 10.1 Å². The summed E-state index contributed by atoms with van der Waals surface area (Å²) in [6, 6.07) is 5.39. The molecule has 1 rings (SSSR count). The van der Waals surface area contributed by atoms with Gasteiger partial charge in [-0.05, 0) is 53.7 Å². The second-order valence-electron chi connectivity index (χ2n) is 7.81. The molecule has 5 nitrogen and oxygen atoms in total. The summed E-state index contributed by atoms with van der Waals surface area (Å²) in [5.74, 6) is -0.947. The van der Waals surface area contributed by atoms with Crippen molar-refractivity contribution in [2.24, 2.45) is 0 Å². The van der Waals surface area contributed by atoms with E-state index in [0.29, 0.717) is 5.56 Å². The number of nitrogens with one attached hydrogen (secondary N) is 1. The molecule has 0 aliphatic rings. The first kappa shape index (κ1) is 21.1. The summed E-state index contributed by atoms with van der Waals surface area (Å²) in [5, 5.41) is 11.8. The minimum Gasteiger partial charge on any atom is -0.459 e. The second kappa shape index (κ2) is 8.41. The highest BCUT2D eigenvalue weighted by molar-refractivity contribution is 5.76. The Morgan fingerprint density at radius 2 is 1.88 bits per heavy atom. The summed E-state index contributed by atoms with van der Waals surface area (Å²) in [7, 11) is 0. The zero-order valence-corrected chi connectivity index (χ0v) is 15.8. The van der Waals surface area contributed by atoms with E-state index in [2.05, 4.69) is 5.32 Å². The molecule has 1 atom stereocenters. The summed E-state index contributed by atoms with van der Waals surface area (Å²) < 4.78 is 25.1. The number of hydrogen-bond acceptors (Lipinski definition) is 5. The molecule has 0 unspecified atom stereocenters. The Hall–Kier alpha value is -1.97. The van der Waals surface area contributed by atoms with Crippen LogP contribution in [0.3, 0.4) is 0 Å². The molecule has 1 N–H and O–H groups in total. The molecule has 0 aromatic heterocycles. The van der Waals surface area contributed by atoms with Crippen molar-refractivity contribution >= 4 is 5.97 Å². The number of esters is 1. The van der Waals surface area contributed by atoms with Crippen LogP contribution in [-0.2, 0) is 20.8 Å². The number of hydrogen-bond donors (Lipinski definition) is 1. The van der Waals surface area contributed by atoms with Crippen molar-refractivity contribution in [2.45, 2.75) is 65.3 Å². The van der Waals surface area contributed by atoms with E-state index in [9.17, 15) is 9.18 Å². The van der Waals surface area contributed by atoms with Gasteiger partial charge in [0.05, 0.1) is 23.8 Å². The highest BCUT2D eigenvalue weighted by atomic mass is 19.1. The van der Waals surface area contributed by atoms with Gasteiger partial charge in [0.25, 0.3) is 0 Å². The van der Waals surface area contributed by atoms with Crippen LogP contribution < -0.4 is 5.32 Å². The van der Waals surface area contributed by atoms with Gasteiger partial charge in [0.2, 0.25) is 0 Å². The molecule has 0 saturated carbocycles. The summed E-state index contributed by atoms with van der Waals surface area (Å²) in [6.45, 7) is 11.2. The third kappa shape index (κ3) is 8.10. The molecule has 25 heavy (non-hydrogen) atoms. The van der Waals surface area contributed by atoms with E-state index in [-0.39, 0.29) is 18.7 Å². The molecule has 0 aliphatic heterocycles. The van der Waals surface area contributed by atoms with Crippen LogP contribution in [0.2, 0.25) is 0 Å². The van der Waals surface area contributed by atoms with Crippen LogP contribution in [0.4, 0.5) is 4.39 Å². The van der Waals surface area contributed by atoms with E-state index in [1.807, 2.05) is 26.8 Å². The predicted octanol–water partition coefficient (Wildman–Crippen LogP) is 3.31. The molecule has 1 aromatic rings. The molecule has 0 amide bonds. The fourth-order valence-electron chi connectivity index (χ4n) is 1.91. The Morgan fingerprint density at radius 1 is 1.24 bits per heavy atom. The zero-order chi connectivity index (χ0) is 19.3. The highest BCUT2D eigenvalue weighted by Gasteiger charge is 2.27. The van der Waals surface area contributed by atoms with Crippen molar-refractivity contribution < 1.29 is 18.7 Å². The van der Waals surface area contributed by atoms with Crippen LogP contribution in [-0.4, -0.2) is 29.8 Å². The maximum Gasteiger partial charge on any atom is 0.326 e. The van der Waals surface area contributed by atoms with Gasteiger partial charge in [0.15, 0.2) is 0 Å². The largest absolute Gasteiger partial charge is 0.459 e. The maximum absolute atomic E-state index is 14.0. The summed E-state index contributed by atoms with van der Waals surface area (Å²) >= 11 is 0. The first-order chi connectivity index (χ1) is 11.4. The summed E-state index contributed by atoms with van der Waals surface area (Å²) in [6.07, 6.45) is 0. The molecule has 0 heterocycles. The van der Waals surface area contributed by atoms with Gasteiger partial charge in [-0.2, -0.15) is 5.26 Å². The molecular weight excluding hydrogens is 323 g/mol. The Morgan fingerprint density at radius 3 is 2.36 bits per heavy atom. The Labute approximate surface area is 149 Å². The lowest BCUT2D eigenvalue weighted by Crippen LogP contribution is -2.45. The topological polar surface area (TPSA) is 71.3 Å². The van der Waals surface area contributed by atoms with E-state index in [0.717, 1.165) is 0 Å². The van der Waals surface area contributed by atoms with Crippen LogP contribution in [0, 0.1) is 17.1 Å². The lowest BCUT2D eigenvalue weighted by molar-refractivity contribution is -0.160. The van der Waals surface area contributed by atoms with E-state index in [1.165, 1.54) is 18.2 Å².